The molecule has 0 spiro atoms. The first-order valence-electron chi connectivity index (χ1n) is 9.11. The van der Waals surface area contributed by atoms with Gasteiger partial charge in [0.25, 0.3) is 11.1 Å². The molecule has 3 aromatic carbocycles. The number of halogens is 3. The summed E-state index contributed by atoms with van der Waals surface area (Å²) < 4.78 is 6.79. The number of ether oxygens (including phenoxy) is 1. The average molecular weight is 535 g/mol. The standard InChI is InChI=1S/C23H14BrCl2NO3S/c24-16-7-9-20(30-13-14-6-8-17(25)12-19(14)26)15(10-16)11-21-22(28)27(23(29)31-21)18-4-2-1-3-5-18/h1-12H,13H2. The molecule has 0 N–H and O–H groups in total. The predicted octanol–water partition coefficient (Wildman–Crippen LogP) is 7.58. The monoisotopic (exact) mass is 533 g/mol. The normalized spacial score (nSPS) is 15.1. The van der Waals surface area contributed by atoms with Gasteiger partial charge in [-0.3, -0.25) is 9.59 Å². The number of nitrogens with zero attached hydrogens (tertiary/aromatic N) is 1. The highest BCUT2D eigenvalue weighted by atomic mass is 79.9. The summed E-state index contributed by atoms with van der Waals surface area (Å²) in [6.45, 7) is 0.226. The van der Waals surface area contributed by atoms with Gasteiger partial charge in [0.2, 0.25) is 0 Å². The molecule has 0 atom stereocenters. The van der Waals surface area contributed by atoms with Gasteiger partial charge in [-0.05, 0) is 60.3 Å². The lowest BCUT2D eigenvalue weighted by Crippen LogP contribution is -2.27. The lowest BCUT2D eigenvalue weighted by molar-refractivity contribution is -0.113. The maximum atomic E-state index is 12.9. The first-order valence-corrected chi connectivity index (χ1v) is 11.5. The molecule has 0 radical (unpaired) electrons. The van der Waals surface area contributed by atoms with E-state index in [0.29, 0.717) is 32.0 Å². The Morgan fingerprint density at radius 3 is 2.52 bits per heavy atom. The minimum atomic E-state index is -0.368. The molecular formula is C23H14BrCl2NO3S. The van der Waals surface area contributed by atoms with Crippen LogP contribution >= 0.6 is 50.9 Å². The Morgan fingerprint density at radius 2 is 1.77 bits per heavy atom. The van der Waals surface area contributed by atoms with Gasteiger partial charge in [-0.25, -0.2) is 4.90 Å². The highest BCUT2D eigenvalue weighted by molar-refractivity contribution is 9.10. The Morgan fingerprint density at radius 1 is 1.00 bits per heavy atom. The Balaban J connectivity index is 1.61. The van der Waals surface area contributed by atoms with Crippen LogP contribution < -0.4 is 9.64 Å². The highest BCUT2D eigenvalue weighted by Crippen LogP contribution is 2.37. The molecule has 0 saturated carbocycles. The second-order valence-electron chi connectivity index (χ2n) is 6.56. The number of carbonyl (C=O) groups excluding carboxylic acids is 2. The third-order valence-electron chi connectivity index (χ3n) is 4.46. The van der Waals surface area contributed by atoms with Crippen molar-refractivity contribution in [3.05, 3.63) is 97.3 Å². The van der Waals surface area contributed by atoms with Crippen molar-refractivity contribution in [2.45, 2.75) is 6.61 Å². The summed E-state index contributed by atoms with van der Waals surface area (Å²) in [5.74, 6) is 0.189. The average Bonchev–Trinajstić information content (AvgIpc) is 3.02. The van der Waals surface area contributed by atoms with Crippen molar-refractivity contribution in [3.8, 4) is 5.75 Å². The molecule has 0 bridgehead atoms. The van der Waals surface area contributed by atoms with Crippen molar-refractivity contribution >= 4 is 73.8 Å². The Labute approximate surface area is 201 Å². The smallest absolute Gasteiger partial charge is 0.298 e. The SMILES string of the molecule is O=C1SC(=Cc2cc(Br)ccc2OCc2ccc(Cl)cc2Cl)C(=O)N1c1ccccc1. The van der Waals surface area contributed by atoms with Crippen LogP contribution in [0.5, 0.6) is 5.75 Å². The van der Waals surface area contributed by atoms with Crippen molar-refractivity contribution in [1.29, 1.82) is 0 Å². The molecular weight excluding hydrogens is 521 g/mol. The minimum absolute atomic E-state index is 0.226. The number of para-hydroxylation sites is 1. The van der Waals surface area contributed by atoms with Gasteiger partial charge in [0.05, 0.1) is 10.6 Å². The van der Waals surface area contributed by atoms with Crippen molar-refractivity contribution in [3.63, 3.8) is 0 Å². The van der Waals surface area contributed by atoms with E-state index in [4.69, 9.17) is 27.9 Å². The number of hydrogen-bond donors (Lipinski definition) is 0. The zero-order chi connectivity index (χ0) is 22.0. The zero-order valence-corrected chi connectivity index (χ0v) is 19.8. The maximum absolute atomic E-state index is 12.9. The number of anilines is 1. The summed E-state index contributed by atoms with van der Waals surface area (Å²) >= 11 is 16.5. The van der Waals surface area contributed by atoms with Gasteiger partial charge < -0.3 is 4.74 Å². The molecule has 8 heteroatoms. The lowest BCUT2D eigenvalue weighted by atomic mass is 10.1. The molecule has 1 aliphatic rings. The Bertz CT molecular complexity index is 1200. The van der Waals surface area contributed by atoms with Crippen LogP contribution in [-0.4, -0.2) is 11.1 Å². The van der Waals surface area contributed by atoms with Crippen LogP contribution in [0.15, 0.2) is 76.1 Å². The molecule has 2 amide bonds. The van der Waals surface area contributed by atoms with Crippen LogP contribution in [0.25, 0.3) is 6.08 Å². The molecule has 0 unspecified atom stereocenters. The fraction of sp³-hybridized carbons (Fsp3) is 0.0435. The molecule has 0 aliphatic carbocycles. The van der Waals surface area contributed by atoms with Gasteiger partial charge in [-0.15, -0.1) is 0 Å². The fourth-order valence-electron chi connectivity index (χ4n) is 2.97. The van der Waals surface area contributed by atoms with Gasteiger partial charge in [0, 0.05) is 25.6 Å². The summed E-state index contributed by atoms with van der Waals surface area (Å²) in [4.78, 5) is 26.9. The van der Waals surface area contributed by atoms with E-state index in [0.717, 1.165) is 21.8 Å². The number of carbonyl (C=O) groups is 2. The van der Waals surface area contributed by atoms with Crippen molar-refractivity contribution in [1.82, 2.24) is 0 Å². The number of imide groups is 1. The molecule has 1 saturated heterocycles. The van der Waals surface area contributed by atoms with E-state index in [1.807, 2.05) is 18.2 Å². The zero-order valence-electron chi connectivity index (χ0n) is 15.8. The number of rotatable bonds is 5. The third kappa shape index (κ3) is 4.99. The van der Waals surface area contributed by atoms with Crippen LogP contribution in [-0.2, 0) is 11.4 Å². The van der Waals surface area contributed by atoms with E-state index in [1.54, 1.807) is 54.6 Å². The second kappa shape index (κ2) is 9.49. The summed E-state index contributed by atoms with van der Waals surface area (Å²) in [6.07, 6.45) is 1.66. The van der Waals surface area contributed by atoms with E-state index in [1.165, 1.54) is 4.90 Å². The number of amides is 2. The summed E-state index contributed by atoms with van der Waals surface area (Å²) in [6, 6.07) is 19.5. The molecule has 3 aromatic rings. The van der Waals surface area contributed by atoms with Gasteiger partial charge in [0.1, 0.15) is 12.4 Å². The minimum Gasteiger partial charge on any atom is -0.488 e. The molecule has 1 heterocycles. The molecule has 0 aromatic heterocycles. The van der Waals surface area contributed by atoms with E-state index in [9.17, 15) is 9.59 Å². The van der Waals surface area contributed by atoms with E-state index >= 15 is 0 Å². The second-order valence-corrected chi connectivity index (χ2v) is 9.31. The van der Waals surface area contributed by atoms with E-state index < -0.39 is 0 Å². The van der Waals surface area contributed by atoms with Crippen LogP contribution in [0.2, 0.25) is 10.0 Å². The number of benzene rings is 3. The molecule has 4 rings (SSSR count). The molecule has 31 heavy (non-hydrogen) atoms. The van der Waals surface area contributed by atoms with Crippen molar-refractivity contribution in [2.75, 3.05) is 4.90 Å². The maximum Gasteiger partial charge on any atom is 0.298 e. The summed E-state index contributed by atoms with van der Waals surface area (Å²) in [5, 5.41) is 0.718. The van der Waals surface area contributed by atoms with Gasteiger partial charge in [-0.2, -0.15) is 0 Å². The predicted molar refractivity (Wildman–Crippen MR) is 130 cm³/mol. The van der Waals surface area contributed by atoms with E-state index in [-0.39, 0.29) is 17.8 Å². The third-order valence-corrected chi connectivity index (χ3v) is 6.41. The van der Waals surface area contributed by atoms with E-state index in [2.05, 4.69) is 15.9 Å². The van der Waals surface area contributed by atoms with Gasteiger partial charge in [-0.1, -0.05) is 63.4 Å². The number of thioether (sulfide) groups is 1. The first-order chi connectivity index (χ1) is 14.9. The highest BCUT2D eigenvalue weighted by Gasteiger charge is 2.36. The Hall–Kier alpha value is -2.25. The largest absolute Gasteiger partial charge is 0.488 e. The molecule has 1 aliphatic heterocycles. The molecule has 4 nitrogen and oxygen atoms in total. The summed E-state index contributed by atoms with van der Waals surface area (Å²) in [5.41, 5.74) is 1.99. The van der Waals surface area contributed by atoms with Gasteiger partial charge >= 0.3 is 0 Å². The molecule has 156 valence electrons. The quantitative estimate of drug-likeness (QED) is 0.316. The van der Waals surface area contributed by atoms with Crippen molar-refractivity contribution in [2.24, 2.45) is 0 Å². The Kier molecular flexibility index (Phi) is 6.72. The molecule has 1 fully saturated rings. The van der Waals surface area contributed by atoms with Crippen molar-refractivity contribution < 1.29 is 14.3 Å². The van der Waals surface area contributed by atoms with Crippen LogP contribution in [0.4, 0.5) is 10.5 Å². The number of hydrogen-bond acceptors (Lipinski definition) is 4. The first kappa shape index (κ1) is 22.0. The lowest BCUT2D eigenvalue weighted by Gasteiger charge is -2.12. The summed E-state index contributed by atoms with van der Waals surface area (Å²) in [7, 11) is 0. The van der Waals surface area contributed by atoms with Crippen LogP contribution in [0.1, 0.15) is 11.1 Å². The van der Waals surface area contributed by atoms with Crippen LogP contribution in [0, 0.1) is 0 Å². The topological polar surface area (TPSA) is 46.6 Å². The van der Waals surface area contributed by atoms with Crippen LogP contribution in [0.3, 0.4) is 0 Å². The van der Waals surface area contributed by atoms with Gasteiger partial charge in [0.15, 0.2) is 0 Å². The fourth-order valence-corrected chi connectivity index (χ4v) is 4.64.